The summed E-state index contributed by atoms with van der Waals surface area (Å²) in [6.45, 7) is 8.24. The third-order valence-corrected chi connectivity index (χ3v) is 4.30. The van der Waals surface area contributed by atoms with Gasteiger partial charge in [0.2, 0.25) is 0 Å². The van der Waals surface area contributed by atoms with Gasteiger partial charge in [-0.3, -0.25) is 0 Å². The fourth-order valence-corrected chi connectivity index (χ4v) is 2.75. The van der Waals surface area contributed by atoms with Gasteiger partial charge in [0.1, 0.15) is 12.1 Å². The molecule has 0 atom stereocenters. The van der Waals surface area contributed by atoms with Gasteiger partial charge in [0.15, 0.2) is 5.65 Å². The number of hydrogen-bond donors (Lipinski definition) is 1. The third-order valence-electron chi connectivity index (χ3n) is 4.05. The molecule has 2 heterocycles. The van der Waals surface area contributed by atoms with E-state index in [1.165, 1.54) is 0 Å². The quantitative estimate of drug-likeness (QED) is 0.713. The summed E-state index contributed by atoms with van der Waals surface area (Å²) in [6.07, 6.45) is 3.36. The van der Waals surface area contributed by atoms with E-state index >= 15 is 0 Å². The molecule has 7 heteroatoms. The van der Waals surface area contributed by atoms with Crippen LogP contribution in [-0.4, -0.2) is 50.8 Å². The fraction of sp³-hybridized carbons (Fsp3) is 0.353. The highest BCUT2D eigenvalue weighted by molar-refractivity contribution is 6.30. The first kappa shape index (κ1) is 16.7. The number of likely N-dealkylation sites (N-methyl/N-ethyl adjacent to an activating group) is 1. The second-order valence-electron chi connectivity index (χ2n) is 5.45. The molecule has 6 nitrogen and oxygen atoms in total. The average Bonchev–Trinajstić information content (AvgIpc) is 3.04. The van der Waals surface area contributed by atoms with Crippen LogP contribution in [0.3, 0.4) is 0 Å². The largest absolute Gasteiger partial charge is 0.368 e. The van der Waals surface area contributed by atoms with Gasteiger partial charge in [-0.15, -0.1) is 0 Å². The average molecular weight is 345 g/mol. The van der Waals surface area contributed by atoms with E-state index in [4.69, 9.17) is 11.6 Å². The van der Waals surface area contributed by atoms with Crippen molar-refractivity contribution in [2.75, 3.05) is 31.5 Å². The highest BCUT2D eigenvalue weighted by Crippen LogP contribution is 2.22. The van der Waals surface area contributed by atoms with Gasteiger partial charge < -0.3 is 10.2 Å². The summed E-state index contributed by atoms with van der Waals surface area (Å²) in [7, 11) is 0. The lowest BCUT2D eigenvalue weighted by Gasteiger charge is -2.18. The molecule has 0 saturated carbocycles. The molecule has 0 saturated heterocycles. The predicted octanol–water partition coefficient (Wildman–Crippen LogP) is 3.22. The number of hydrogen-bond acceptors (Lipinski definition) is 5. The highest BCUT2D eigenvalue weighted by atomic mass is 35.5. The Hall–Kier alpha value is -2.18. The first-order chi connectivity index (χ1) is 11.7. The molecule has 0 unspecified atom stereocenters. The van der Waals surface area contributed by atoms with Crippen LogP contribution in [0.1, 0.15) is 13.8 Å². The molecular weight excluding hydrogens is 324 g/mol. The van der Waals surface area contributed by atoms with Crippen molar-refractivity contribution in [1.82, 2.24) is 24.6 Å². The van der Waals surface area contributed by atoms with Gasteiger partial charge in [-0.05, 0) is 37.4 Å². The predicted molar refractivity (Wildman–Crippen MR) is 97.9 cm³/mol. The Bertz CT molecular complexity index is 794. The molecule has 0 bridgehead atoms. The standard InChI is InChI=1S/C17H21ClN6/c1-3-23(4-2)10-9-19-16-15-11-22-24(17(15)21-12-20-16)14-7-5-13(18)6-8-14/h5-8,11-12H,3-4,9-10H2,1-2H3,(H,19,20,21). The first-order valence-electron chi connectivity index (χ1n) is 8.13. The Morgan fingerprint density at radius 3 is 2.58 bits per heavy atom. The van der Waals surface area contributed by atoms with Crippen molar-refractivity contribution in [2.45, 2.75) is 13.8 Å². The van der Waals surface area contributed by atoms with Crippen LogP contribution in [0, 0.1) is 0 Å². The Balaban J connectivity index is 1.82. The first-order valence-corrected chi connectivity index (χ1v) is 8.51. The molecule has 24 heavy (non-hydrogen) atoms. The van der Waals surface area contributed by atoms with E-state index in [1.807, 2.05) is 24.3 Å². The minimum atomic E-state index is 0.698. The maximum Gasteiger partial charge on any atom is 0.168 e. The zero-order valence-corrected chi connectivity index (χ0v) is 14.7. The number of rotatable bonds is 7. The number of nitrogens with zero attached hydrogens (tertiary/aromatic N) is 5. The molecule has 0 aliphatic rings. The molecule has 3 rings (SSSR count). The molecule has 3 aromatic rings. The maximum absolute atomic E-state index is 5.95. The normalized spacial score (nSPS) is 11.3. The molecule has 0 radical (unpaired) electrons. The molecular formula is C17H21ClN6. The van der Waals surface area contributed by atoms with E-state index in [-0.39, 0.29) is 0 Å². The summed E-state index contributed by atoms with van der Waals surface area (Å²) in [5.74, 6) is 0.812. The highest BCUT2D eigenvalue weighted by Gasteiger charge is 2.11. The number of fused-ring (bicyclic) bond motifs is 1. The lowest BCUT2D eigenvalue weighted by molar-refractivity contribution is 0.316. The Morgan fingerprint density at radius 2 is 1.88 bits per heavy atom. The summed E-state index contributed by atoms with van der Waals surface area (Å²) in [6, 6.07) is 7.53. The van der Waals surface area contributed by atoms with Crippen molar-refractivity contribution in [3.05, 3.63) is 41.8 Å². The van der Waals surface area contributed by atoms with Gasteiger partial charge >= 0.3 is 0 Å². The zero-order valence-electron chi connectivity index (χ0n) is 13.9. The van der Waals surface area contributed by atoms with Crippen LogP contribution in [0.2, 0.25) is 5.02 Å². The van der Waals surface area contributed by atoms with Crippen LogP contribution in [0.25, 0.3) is 16.7 Å². The van der Waals surface area contributed by atoms with E-state index in [9.17, 15) is 0 Å². The Morgan fingerprint density at radius 1 is 1.12 bits per heavy atom. The van der Waals surface area contributed by atoms with Crippen molar-refractivity contribution in [3.63, 3.8) is 0 Å². The second kappa shape index (κ2) is 7.59. The molecule has 2 aromatic heterocycles. The molecule has 0 aliphatic heterocycles. The van der Waals surface area contributed by atoms with Gasteiger partial charge in [0.05, 0.1) is 17.3 Å². The van der Waals surface area contributed by atoms with Gasteiger partial charge in [0, 0.05) is 18.1 Å². The zero-order chi connectivity index (χ0) is 16.9. The summed E-state index contributed by atoms with van der Waals surface area (Å²) in [5.41, 5.74) is 1.69. The Labute approximate surface area is 146 Å². The van der Waals surface area contributed by atoms with Gasteiger partial charge in [-0.2, -0.15) is 5.10 Å². The van der Waals surface area contributed by atoms with Crippen molar-refractivity contribution in [3.8, 4) is 5.69 Å². The minimum Gasteiger partial charge on any atom is -0.368 e. The molecule has 0 amide bonds. The van der Waals surface area contributed by atoms with E-state index in [2.05, 4.69) is 39.1 Å². The molecule has 0 aliphatic carbocycles. The van der Waals surface area contributed by atoms with E-state index in [0.29, 0.717) is 5.02 Å². The van der Waals surface area contributed by atoms with E-state index in [1.54, 1.807) is 17.2 Å². The lowest BCUT2D eigenvalue weighted by atomic mass is 10.3. The van der Waals surface area contributed by atoms with Crippen molar-refractivity contribution in [1.29, 1.82) is 0 Å². The third kappa shape index (κ3) is 3.49. The maximum atomic E-state index is 5.95. The summed E-state index contributed by atoms with van der Waals surface area (Å²) < 4.78 is 1.79. The van der Waals surface area contributed by atoms with Crippen molar-refractivity contribution < 1.29 is 0 Å². The van der Waals surface area contributed by atoms with E-state index < -0.39 is 0 Å². The van der Waals surface area contributed by atoms with Crippen LogP contribution in [0.4, 0.5) is 5.82 Å². The summed E-state index contributed by atoms with van der Waals surface area (Å²) in [5, 5.41) is 9.45. The van der Waals surface area contributed by atoms with Gasteiger partial charge in [0.25, 0.3) is 0 Å². The van der Waals surface area contributed by atoms with E-state index in [0.717, 1.165) is 48.7 Å². The SMILES string of the molecule is CCN(CC)CCNc1ncnc2c1cnn2-c1ccc(Cl)cc1. The number of aromatic nitrogens is 4. The monoisotopic (exact) mass is 344 g/mol. The van der Waals surface area contributed by atoms with Crippen LogP contribution in [0.15, 0.2) is 36.8 Å². The number of nitrogens with one attached hydrogen (secondary N) is 1. The minimum absolute atomic E-state index is 0.698. The topological polar surface area (TPSA) is 58.9 Å². The second-order valence-corrected chi connectivity index (χ2v) is 5.88. The number of anilines is 1. The Kier molecular flexibility index (Phi) is 5.27. The summed E-state index contributed by atoms with van der Waals surface area (Å²) in [4.78, 5) is 11.1. The number of benzene rings is 1. The molecule has 126 valence electrons. The van der Waals surface area contributed by atoms with Crippen molar-refractivity contribution in [2.24, 2.45) is 0 Å². The van der Waals surface area contributed by atoms with Gasteiger partial charge in [-0.25, -0.2) is 14.6 Å². The molecule has 0 spiro atoms. The van der Waals surface area contributed by atoms with Crippen LogP contribution in [-0.2, 0) is 0 Å². The van der Waals surface area contributed by atoms with Crippen molar-refractivity contribution >= 4 is 28.5 Å². The smallest absolute Gasteiger partial charge is 0.168 e. The molecule has 1 N–H and O–H groups in total. The van der Waals surface area contributed by atoms with Crippen LogP contribution < -0.4 is 5.32 Å². The number of halogens is 1. The molecule has 1 aromatic carbocycles. The summed E-state index contributed by atoms with van der Waals surface area (Å²) >= 11 is 5.95. The lowest BCUT2D eigenvalue weighted by Crippen LogP contribution is -2.28. The molecule has 0 fully saturated rings. The van der Waals surface area contributed by atoms with Crippen LogP contribution in [0.5, 0.6) is 0 Å². The van der Waals surface area contributed by atoms with Gasteiger partial charge in [-0.1, -0.05) is 25.4 Å². The van der Waals surface area contributed by atoms with Crippen LogP contribution >= 0.6 is 11.6 Å². The fourth-order valence-electron chi connectivity index (χ4n) is 2.63.